The number of hydrogen-bond donors (Lipinski definition) is 0. The molecular formula is C9H18O. The zero-order valence-corrected chi connectivity index (χ0v) is 5.69. The third-order valence-electron chi connectivity index (χ3n) is 0.623. The molecule has 0 saturated heterocycles. The van der Waals surface area contributed by atoms with Gasteiger partial charge >= 0.3 is 0 Å². The molecule has 0 spiro atoms. The normalized spacial score (nSPS) is 35.0. The Hall–Kier alpha value is -0.330. The molecule has 0 aromatic rings. The molecule has 0 heterocycles. The van der Waals surface area contributed by atoms with E-state index in [0.717, 1.165) is 6.92 Å². The summed E-state index contributed by atoms with van der Waals surface area (Å²) in [5.41, 5.74) is 0. The van der Waals surface area contributed by atoms with Crippen molar-refractivity contribution in [3.63, 3.8) is 0 Å². The topological polar surface area (TPSA) is 17.1 Å². The summed E-state index contributed by atoms with van der Waals surface area (Å²) >= 11 is 0. The molecule has 0 unspecified atom stereocenters. The Bertz CT molecular complexity index is 426. The first kappa shape index (κ1) is 1.70. The van der Waals surface area contributed by atoms with Crippen LogP contribution in [0.1, 0.15) is 68.5 Å². The average Bonchev–Trinajstić information content (AvgIpc) is 2.25. The minimum atomic E-state index is -3.75. The van der Waals surface area contributed by atoms with Gasteiger partial charge in [-0.2, -0.15) is 0 Å². The summed E-state index contributed by atoms with van der Waals surface area (Å²) in [5, 5.41) is 0. The third kappa shape index (κ3) is 7.67. The molecule has 0 amide bonds. The fourth-order valence-corrected chi connectivity index (χ4v) is 0.280. The Balaban J connectivity index is 6.04. The minimum absolute atomic E-state index is 0.785. The number of Topliss-reactive ketones (excluding diaryl/α,β-unsaturated/α-hetero) is 1. The van der Waals surface area contributed by atoms with Crippen LogP contribution in [0.3, 0.4) is 0 Å². The summed E-state index contributed by atoms with van der Waals surface area (Å²) in [5.74, 6) is -0.785. The Morgan fingerprint density at radius 3 is 2.70 bits per heavy atom. The van der Waals surface area contributed by atoms with Crippen LogP contribution in [0.15, 0.2) is 0 Å². The van der Waals surface area contributed by atoms with Crippen LogP contribution in [0.25, 0.3) is 0 Å². The van der Waals surface area contributed by atoms with Crippen LogP contribution in [-0.2, 0) is 4.79 Å². The second kappa shape index (κ2) is 6.79. The molecule has 10 heavy (non-hydrogen) atoms. The minimum Gasteiger partial charge on any atom is -0.300 e. The van der Waals surface area contributed by atoms with Crippen molar-refractivity contribution in [2.75, 3.05) is 0 Å². The second-order valence-electron chi connectivity index (χ2n) is 1.57. The van der Waals surface area contributed by atoms with Gasteiger partial charge in [0.2, 0.25) is 0 Å². The van der Waals surface area contributed by atoms with Crippen molar-refractivity contribution < 1.29 is 21.2 Å². The molecule has 0 aliphatic carbocycles. The highest BCUT2D eigenvalue weighted by atomic mass is 16.1. The van der Waals surface area contributed by atoms with Crippen molar-refractivity contribution in [2.45, 2.75) is 52.1 Å². The maximum Gasteiger partial charge on any atom is 0.129 e. The molecule has 0 atom stereocenters. The van der Waals surface area contributed by atoms with Gasteiger partial charge in [-0.25, -0.2) is 0 Å². The average molecular weight is 154 g/mol. The lowest BCUT2D eigenvalue weighted by atomic mass is 10.1. The van der Waals surface area contributed by atoms with E-state index in [0.29, 0.717) is 0 Å². The molecule has 0 radical (unpaired) electrons. The van der Waals surface area contributed by atoms with Crippen LogP contribution in [0.5, 0.6) is 0 Å². The van der Waals surface area contributed by atoms with Gasteiger partial charge in [0.1, 0.15) is 5.78 Å². The predicted octanol–water partition coefficient (Wildman–Crippen LogP) is 2.94. The fourth-order valence-electron chi connectivity index (χ4n) is 0.280. The van der Waals surface area contributed by atoms with Crippen LogP contribution in [0, 0.1) is 0 Å². The Kier molecular flexibility index (Phi) is 1.15. The van der Waals surface area contributed by atoms with Crippen molar-refractivity contribution in [3.05, 3.63) is 0 Å². The highest BCUT2D eigenvalue weighted by molar-refractivity contribution is 5.75. The van der Waals surface area contributed by atoms with Gasteiger partial charge in [-0.3, -0.25) is 0 Å². The van der Waals surface area contributed by atoms with Crippen LogP contribution < -0.4 is 0 Å². The van der Waals surface area contributed by atoms with Gasteiger partial charge in [-0.05, 0) is 13.3 Å². The summed E-state index contributed by atoms with van der Waals surface area (Å²) in [4.78, 5) is 11.0. The lowest BCUT2D eigenvalue weighted by Crippen LogP contribution is -1.88. The Labute approximate surface area is 80.7 Å². The van der Waals surface area contributed by atoms with Gasteiger partial charge in [0.05, 0.1) is 0 Å². The van der Waals surface area contributed by atoms with E-state index in [1.165, 1.54) is 0 Å². The number of rotatable bonds is 6. The number of ketones is 1. The highest BCUT2D eigenvalue weighted by Gasteiger charge is 1.92. The molecule has 0 aliphatic rings. The van der Waals surface area contributed by atoms with Crippen LogP contribution >= 0.6 is 0 Å². The maximum atomic E-state index is 11.0. The van der Waals surface area contributed by atoms with Crippen molar-refractivity contribution in [1.82, 2.24) is 0 Å². The van der Waals surface area contributed by atoms with Gasteiger partial charge < -0.3 is 4.79 Å². The number of hydrogen-bond acceptors (Lipinski definition) is 1. The smallest absolute Gasteiger partial charge is 0.129 e. The lowest BCUT2D eigenvalue weighted by molar-refractivity contribution is -0.117. The summed E-state index contributed by atoms with van der Waals surface area (Å²) in [6.45, 7) is -1.51. The molecule has 0 saturated carbocycles. The van der Waals surface area contributed by atoms with E-state index in [1.54, 1.807) is 0 Å². The van der Waals surface area contributed by atoms with E-state index in [2.05, 4.69) is 0 Å². The maximum absolute atomic E-state index is 11.0. The summed E-state index contributed by atoms with van der Waals surface area (Å²) in [6.07, 6.45) is -18.6. The van der Waals surface area contributed by atoms with E-state index >= 15 is 0 Å². The van der Waals surface area contributed by atoms with Crippen molar-refractivity contribution in [3.8, 4) is 0 Å². The predicted molar refractivity (Wildman–Crippen MR) is 44.1 cm³/mol. The van der Waals surface area contributed by atoms with Crippen LogP contribution in [-0.4, -0.2) is 5.78 Å². The second-order valence-corrected chi connectivity index (χ2v) is 1.57. The Morgan fingerprint density at radius 2 is 2.10 bits per heavy atom. The van der Waals surface area contributed by atoms with Gasteiger partial charge in [-0.1, -0.05) is 32.4 Å². The summed E-state index contributed by atoms with van der Waals surface area (Å²) < 4.78 is 89.6. The molecule has 60 valence electrons. The molecule has 0 aromatic carbocycles. The molecule has 0 N–H and O–H groups in total. The monoisotopic (exact) mass is 154 g/mol. The first-order valence-corrected chi connectivity index (χ1v) is 2.70. The van der Waals surface area contributed by atoms with Crippen molar-refractivity contribution in [1.29, 1.82) is 0 Å². The van der Waals surface area contributed by atoms with Crippen molar-refractivity contribution in [2.24, 2.45) is 0 Å². The molecule has 1 heteroatoms. The van der Waals surface area contributed by atoms with Gasteiger partial charge in [0.15, 0.2) is 0 Å². The molecule has 0 bridgehead atoms. The lowest BCUT2D eigenvalue weighted by Gasteiger charge is -1.95. The van der Waals surface area contributed by atoms with E-state index in [-0.39, 0.29) is 0 Å². The summed E-state index contributed by atoms with van der Waals surface area (Å²) in [6, 6.07) is 0. The molecule has 0 fully saturated rings. The van der Waals surface area contributed by atoms with E-state index in [1.807, 2.05) is 0 Å². The van der Waals surface area contributed by atoms with Crippen molar-refractivity contribution >= 4 is 5.78 Å². The van der Waals surface area contributed by atoms with Gasteiger partial charge in [-0.15, -0.1) is 0 Å². The zero-order chi connectivity index (χ0) is 18.4. The van der Waals surface area contributed by atoms with Gasteiger partial charge in [0.25, 0.3) is 0 Å². The fraction of sp³-hybridized carbons (Fsp3) is 0.889. The highest BCUT2D eigenvalue weighted by Crippen LogP contribution is 2.04. The number of carbonyl (C=O) groups is 1. The zero-order valence-electron chi connectivity index (χ0n) is 17.7. The first-order chi connectivity index (χ1) is 9.36. The third-order valence-corrected chi connectivity index (χ3v) is 0.623. The number of carbonyl (C=O) groups excluding carboxylic acids is 1. The van der Waals surface area contributed by atoms with Gasteiger partial charge in [0, 0.05) is 22.9 Å². The SMILES string of the molecule is [2H]C([2H])C([2H])([2H])C([2H])([2H])C([2H])([2H])C([2H])([2H])C([2H])([2H])CC(C)=O. The van der Waals surface area contributed by atoms with E-state index in [4.69, 9.17) is 16.4 Å². The molecule has 0 rings (SSSR count). The standard InChI is InChI=1S/C9H18O/c1-3-4-5-6-7-8-9(2)10/h3-8H2,1-2H3/i1D2,3D2,4D2,5D2,6D2,7D2. The molecule has 1 nitrogen and oxygen atoms in total. The van der Waals surface area contributed by atoms with E-state index < -0.39 is 50.9 Å². The Morgan fingerprint density at radius 1 is 1.40 bits per heavy atom. The molecule has 0 aliphatic heterocycles. The van der Waals surface area contributed by atoms with Crippen LogP contribution in [0.4, 0.5) is 0 Å². The molecule has 0 aromatic heterocycles. The first-order valence-electron chi connectivity index (χ1n) is 8.85. The summed E-state index contributed by atoms with van der Waals surface area (Å²) in [7, 11) is 0. The van der Waals surface area contributed by atoms with E-state index in [9.17, 15) is 4.79 Å². The molecular weight excluding hydrogens is 124 g/mol. The van der Waals surface area contributed by atoms with Crippen LogP contribution in [0.2, 0.25) is 0 Å². The quantitative estimate of drug-likeness (QED) is 0.575. The largest absolute Gasteiger partial charge is 0.300 e.